The summed E-state index contributed by atoms with van der Waals surface area (Å²) in [5.74, 6) is 1.73. The molecule has 1 aromatic heterocycles. The molecule has 0 aliphatic heterocycles. The quantitative estimate of drug-likeness (QED) is 0.644. The van der Waals surface area contributed by atoms with Crippen LogP contribution in [0.1, 0.15) is 70.8 Å². The Hall–Kier alpha value is -1.77. The molecule has 0 aliphatic rings. The number of aromatic hydroxyl groups is 1. The van der Waals surface area contributed by atoms with Gasteiger partial charge in [0.2, 0.25) is 0 Å². The van der Waals surface area contributed by atoms with Crippen LogP contribution >= 0.6 is 0 Å². The number of rotatable bonds is 7. The zero-order valence-corrected chi connectivity index (χ0v) is 16.2. The smallest absolute Gasteiger partial charge is 0.342 e. The van der Waals surface area contributed by atoms with Crippen molar-refractivity contribution in [1.29, 1.82) is 0 Å². The average molecular weight is 332 g/mol. The zero-order valence-electron chi connectivity index (χ0n) is 16.2. The molecule has 0 aromatic carbocycles. The minimum atomic E-state index is -0.482. The Morgan fingerprint density at radius 3 is 2.42 bits per heavy atom. The summed E-state index contributed by atoms with van der Waals surface area (Å²) in [5.41, 5.74) is 2.38. The Morgan fingerprint density at radius 1 is 1.21 bits per heavy atom. The second-order valence-corrected chi connectivity index (χ2v) is 7.16. The topological polar surface area (TPSA) is 50.4 Å². The Kier molecular flexibility index (Phi) is 7.53. The molecule has 3 heteroatoms. The van der Waals surface area contributed by atoms with Gasteiger partial charge in [-0.2, -0.15) is 0 Å². The van der Waals surface area contributed by atoms with E-state index < -0.39 is 5.63 Å². The third-order valence-corrected chi connectivity index (χ3v) is 4.46. The van der Waals surface area contributed by atoms with Gasteiger partial charge in [0.05, 0.1) is 5.56 Å². The zero-order chi connectivity index (χ0) is 18.4. The lowest BCUT2D eigenvalue weighted by atomic mass is 9.92. The van der Waals surface area contributed by atoms with Crippen molar-refractivity contribution in [3.8, 4) is 5.75 Å². The van der Waals surface area contributed by atoms with Gasteiger partial charge in [-0.05, 0) is 51.5 Å². The second kappa shape index (κ2) is 8.91. The lowest BCUT2D eigenvalue weighted by Gasteiger charge is -2.14. The van der Waals surface area contributed by atoms with E-state index in [-0.39, 0.29) is 11.3 Å². The van der Waals surface area contributed by atoms with E-state index in [4.69, 9.17) is 4.42 Å². The molecule has 0 bridgehead atoms. The molecule has 3 nitrogen and oxygen atoms in total. The molecule has 1 aromatic rings. The fourth-order valence-electron chi connectivity index (χ4n) is 3.32. The van der Waals surface area contributed by atoms with Crippen molar-refractivity contribution < 1.29 is 9.52 Å². The number of hydrogen-bond donors (Lipinski definition) is 1. The first kappa shape index (κ1) is 20.3. The summed E-state index contributed by atoms with van der Waals surface area (Å²) in [7, 11) is 0. The Balaban J connectivity index is 3.00. The van der Waals surface area contributed by atoms with Gasteiger partial charge in [-0.25, -0.2) is 4.79 Å². The maximum absolute atomic E-state index is 11.8. The summed E-state index contributed by atoms with van der Waals surface area (Å²) in [4.78, 5) is 11.8. The van der Waals surface area contributed by atoms with Crippen LogP contribution < -0.4 is 5.63 Å². The Bertz CT molecular complexity index is 677. The van der Waals surface area contributed by atoms with Crippen LogP contribution in [0.5, 0.6) is 5.75 Å². The highest BCUT2D eigenvalue weighted by Gasteiger charge is 2.14. The first-order chi connectivity index (χ1) is 11.2. The largest absolute Gasteiger partial charge is 0.507 e. The van der Waals surface area contributed by atoms with Crippen LogP contribution in [0.2, 0.25) is 0 Å². The van der Waals surface area contributed by atoms with Crippen LogP contribution in [-0.2, 0) is 0 Å². The summed E-state index contributed by atoms with van der Waals surface area (Å²) in [6.45, 7) is 14.1. The summed E-state index contributed by atoms with van der Waals surface area (Å²) in [6, 6.07) is 0. The van der Waals surface area contributed by atoms with Crippen molar-refractivity contribution >= 4 is 5.57 Å². The van der Waals surface area contributed by atoms with Crippen LogP contribution in [0.25, 0.3) is 5.57 Å². The third-order valence-electron chi connectivity index (χ3n) is 4.46. The van der Waals surface area contributed by atoms with E-state index >= 15 is 0 Å². The highest BCUT2D eigenvalue weighted by atomic mass is 16.4. The molecule has 0 radical (unpaired) electrons. The summed E-state index contributed by atoms with van der Waals surface area (Å²) < 4.78 is 5.37. The summed E-state index contributed by atoms with van der Waals surface area (Å²) in [5, 5.41) is 10.0. The van der Waals surface area contributed by atoms with E-state index in [1.807, 2.05) is 13.0 Å². The molecule has 0 aliphatic carbocycles. The van der Waals surface area contributed by atoms with Crippen LogP contribution in [-0.4, -0.2) is 5.11 Å². The molecule has 0 saturated heterocycles. The summed E-state index contributed by atoms with van der Waals surface area (Å²) >= 11 is 0. The molecule has 0 saturated carbocycles. The van der Waals surface area contributed by atoms with Crippen molar-refractivity contribution in [3.05, 3.63) is 45.0 Å². The van der Waals surface area contributed by atoms with Crippen LogP contribution in [0, 0.1) is 25.7 Å². The average Bonchev–Trinajstić information content (AvgIpc) is 2.48. The van der Waals surface area contributed by atoms with Gasteiger partial charge < -0.3 is 9.52 Å². The van der Waals surface area contributed by atoms with E-state index in [9.17, 15) is 9.90 Å². The molecular weight excluding hydrogens is 300 g/mol. The van der Waals surface area contributed by atoms with Gasteiger partial charge >= 0.3 is 5.63 Å². The van der Waals surface area contributed by atoms with Gasteiger partial charge in [-0.1, -0.05) is 51.3 Å². The predicted molar refractivity (Wildman–Crippen MR) is 101 cm³/mol. The molecule has 1 rings (SSSR count). The fourth-order valence-corrected chi connectivity index (χ4v) is 3.32. The highest BCUT2D eigenvalue weighted by molar-refractivity contribution is 5.66. The van der Waals surface area contributed by atoms with E-state index in [2.05, 4.69) is 33.8 Å². The molecular formula is C21H32O3. The highest BCUT2D eigenvalue weighted by Crippen LogP contribution is 2.27. The lowest BCUT2D eigenvalue weighted by Crippen LogP contribution is -2.07. The fraction of sp³-hybridized carbons (Fsp3) is 0.571. The van der Waals surface area contributed by atoms with Crippen LogP contribution in [0.15, 0.2) is 26.9 Å². The minimum Gasteiger partial charge on any atom is -0.507 e. The van der Waals surface area contributed by atoms with E-state index in [1.54, 1.807) is 13.8 Å². The van der Waals surface area contributed by atoms with Crippen LogP contribution in [0.3, 0.4) is 0 Å². The summed E-state index contributed by atoms with van der Waals surface area (Å²) in [6.07, 6.45) is 7.94. The molecule has 24 heavy (non-hydrogen) atoms. The SMILES string of the molecule is CCCC(C)CC(C)C=C(C)/C=C(/C)c1oc(=O)c(C)c(O)c1C. The van der Waals surface area contributed by atoms with Gasteiger partial charge in [0.1, 0.15) is 11.5 Å². The normalized spacial score (nSPS) is 15.5. The lowest BCUT2D eigenvalue weighted by molar-refractivity contribution is 0.428. The number of allylic oxidation sites excluding steroid dienone is 4. The van der Waals surface area contributed by atoms with E-state index in [1.165, 1.54) is 19.3 Å². The Morgan fingerprint density at radius 2 is 1.83 bits per heavy atom. The predicted octanol–water partition coefficient (Wildman–Crippen LogP) is 5.77. The minimum absolute atomic E-state index is 0.0254. The molecule has 2 atom stereocenters. The van der Waals surface area contributed by atoms with Gasteiger partial charge in [0, 0.05) is 5.56 Å². The maximum Gasteiger partial charge on any atom is 0.342 e. The first-order valence-electron chi connectivity index (χ1n) is 8.87. The van der Waals surface area contributed by atoms with Crippen molar-refractivity contribution in [2.24, 2.45) is 11.8 Å². The molecule has 0 amide bonds. The Labute approximate surface area is 146 Å². The van der Waals surface area contributed by atoms with Gasteiger partial charge in [-0.15, -0.1) is 0 Å². The van der Waals surface area contributed by atoms with Gasteiger partial charge in [0.25, 0.3) is 0 Å². The van der Waals surface area contributed by atoms with Gasteiger partial charge in [-0.3, -0.25) is 0 Å². The molecule has 134 valence electrons. The van der Waals surface area contributed by atoms with Crippen molar-refractivity contribution in [2.45, 2.75) is 67.7 Å². The van der Waals surface area contributed by atoms with E-state index in [0.29, 0.717) is 17.2 Å². The standard InChI is InChI=1S/C21H32O3/c1-8-9-13(2)10-14(3)11-15(4)12-16(5)20-17(6)19(22)18(7)21(23)24-20/h11-14,22H,8-10H2,1-7H3/b15-11?,16-12-. The molecule has 0 fully saturated rings. The molecule has 1 N–H and O–H groups in total. The van der Waals surface area contributed by atoms with E-state index in [0.717, 1.165) is 17.1 Å². The molecule has 1 heterocycles. The monoisotopic (exact) mass is 332 g/mol. The van der Waals surface area contributed by atoms with Crippen molar-refractivity contribution in [1.82, 2.24) is 0 Å². The second-order valence-electron chi connectivity index (χ2n) is 7.16. The molecule has 0 spiro atoms. The third kappa shape index (κ3) is 5.40. The first-order valence-corrected chi connectivity index (χ1v) is 8.87. The van der Waals surface area contributed by atoms with Crippen LogP contribution in [0.4, 0.5) is 0 Å². The van der Waals surface area contributed by atoms with Crippen molar-refractivity contribution in [3.63, 3.8) is 0 Å². The molecule has 2 unspecified atom stereocenters. The van der Waals surface area contributed by atoms with Gasteiger partial charge in [0.15, 0.2) is 0 Å². The number of hydrogen-bond acceptors (Lipinski definition) is 3. The van der Waals surface area contributed by atoms with Crippen molar-refractivity contribution in [2.75, 3.05) is 0 Å². The maximum atomic E-state index is 11.8.